The van der Waals surface area contributed by atoms with Crippen LogP contribution in [-0.2, 0) is 0 Å². The molecule has 1 heterocycles. The van der Waals surface area contributed by atoms with Crippen LogP contribution in [0.5, 0.6) is 0 Å². The fraction of sp³-hybridized carbons (Fsp3) is 0.429. The summed E-state index contributed by atoms with van der Waals surface area (Å²) in [6, 6.07) is 3.89. The maximum Gasteiger partial charge on any atom is 0.000496 e. The van der Waals surface area contributed by atoms with E-state index in [2.05, 4.69) is 28.1 Å². The highest BCUT2D eigenvalue weighted by Gasteiger charge is 1.68. The molecule has 1 aromatic heterocycles. The van der Waals surface area contributed by atoms with Gasteiger partial charge in [-0.05, 0) is 17.8 Å². The SMILES string of the molecule is Br.CC(C)P.c1cc[nH]c1. The van der Waals surface area contributed by atoms with Gasteiger partial charge in [-0.2, -0.15) is 0 Å². The molecule has 0 fully saturated rings. The summed E-state index contributed by atoms with van der Waals surface area (Å²) < 4.78 is 0. The third-order valence-corrected chi connectivity index (χ3v) is 0.496. The summed E-state index contributed by atoms with van der Waals surface area (Å²) in [4.78, 5) is 2.86. The second-order valence-corrected chi connectivity index (χ2v) is 3.46. The van der Waals surface area contributed by atoms with Gasteiger partial charge in [0.25, 0.3) is 0 Å². The third kappa shape index (κ3) is 15.7. The number of halogens is 1. The zero-order valence-corrected chi connectivity index (χ0v) is 9.24. The predicted molar refractivity (Wildman–Crippen MR) is 56.0 cm³/mol. The fourth-order valence-electron chi connectivity index (χ4n) is 0.278. The molecule has 60 valence electrons. The number of rotatable bonds is 0. The third-order valence-electron chi connectivity index (χ3n) is 0.496. The first-order valence-electron chi connectivity index (χ1n) is 3.07. The Morgan fingerprint density at radius 1 is 1.20 bits per heavy atom. The molecule has 1 nitrogen and oxygen atoms in total. The molecule has 0 saturated heterocycles. The highest BCUT2D eigenvalue weighted by Crippen LogP contribution is 1.90. The Morgan fingerprint density at radius 3 is 1.60 bits per heavy atom. The van der Waals surface area contributed by atoms with Crippen LogP contribution in [0.4, 0.5) is 0 Å². The summed E-state index contributed by atoms with van der Waals surface area (Å²) in [7, 11) is 2.66. The van der Waals surface area contributed by atoms with Gasteiger partial charge in [-0.15, -0.1) is 26.2 Å². The van der Waals surface area contributed by atoms with Crippen molar-refractivity contribution in [3.63, 3.8) is 0 Å². The standard InChI is InChI=1S/C4H5N.C3H9P.BrH/c1-2-4-5-3-1;1-3(2)4;/h1-5H;3H,4H2,1-2H3;1H. The molecule has 3 heteroatoms. The van der Waals surface area contributed by atoms with Crippen molar-refractivity contribution in [1.82, 2.24) is 4.98 Å². The summed E-state index contributed by atoms with van der Waals surface area (Å²) in [5.74, 6) is 0. The number of aromatic amines is 1. The van der Waals surface area contributed by atoms with E-state index >= 15 is 0 Å². The molecule has 0 radical (unpaired) electrons. The van der Waals surface area contributed by atoms with E-state index in [1.807, 2.05) is 24.5 Å². The first-order valence-corrected chi connectivity index (χ1v) is 3.73. The van der Waals surface area contributed by atoms with E-state index in [0.29, 0.717) is 0 Å². The largest absolute Gasteiger partial charge is 0.368 e. The van der Waals surface area contributed by atoms with Crippen LogP contribution < -0.4 is 0 Å². The zero-order valence-electron chi connectivity index (χ0n) is 6.37. The van der Waals surface area contributed by atoms with E-state index in [1.54, 1.807) is 0 Å². The van der Waals surface area contributed by atoms with Crippen LogP contribution in [0.3, 0.4) is 0 Å². The van der Waals surface area contributed by atoms with Crippen molar-refractivity contribution in [2.45, 2.75) is 19.5 Å². The number of hydrogen-bond donors (Lipinski definition) is 1. The van der Waals surface area contributed by atoms with Crippen LogP contribution in [-0.4, -0.2) is 10.6 Å². The van der Waals surface area contributed by atoms with Gasteiger partial charge >= 0.3 is 0 Å². The van der Waals surface area contributed by atoms with Gasteiger partial charge in [-0.1, -0.05) is 13.8 Å². The number of H-pyrrole nitrogens is 1. The van der Waals surface area contributed by atoms with Gasteiger partial charge in [0.05, 0.1) is 0 Å². The molecule has 0 aliphatic rings. The molecule has 0 saturated carbocycles. The summed E-state index contributed by atoms with van der Waals surface area (Å²) in [5.41, 5.74) is 0.750. The van der Waals surface area contributed by atoms with Gasteiger partial charge in [0.15, 0.2) is 0 Å². The van der Waals surface area contributed by atoms with Gasteiger partial charge in [-0.3, -0.25) is 0 Å². The second-order valence-electron chi connectivity index (χ2n) is 2.13. The van der Waals surface area contributed by atoms with Crippen LogP contribution in [0.25, 0.3) is 0 Å². The normalized spacial score (nSPS) is 7.60. The molecular formula is C7H15BrNP. The Kier molecular flexibility index (Phi) is 11.8. The molecule has 0 bridgehead atoms. The van der Waals surface area contributed by atoms with Crippen LogP contribution in [0.1, 0.15) is 13.8 Å². The van der Waals surface area contributed by atoms with E-state index in [0.717, 1.165) is 5.66 Å². The van der Waals surface area contributed by atoms with Crippen molar-refractivity contribution in [3.05, 3.63) is 24.5 Å². The minimum absolute atomic E-state index is 0. The molecule has 0 aliphatic carbocycles. The molecule has 0 spiro atoms. The van der Waals surface area contributed by atoms with Crippen LogP contribution >= 0.6 is 26.2 Å². The average Bonchev–Trinajstić information content (AvgIpc) is 2.11. The van der Waals surface area contributed by atoms with Crippen molar-refractivity contribution in [3.8, 4) is 0 Å². The summed E-state index contributed by atoms with van der Waals surface area (Å²) in [5, 5.41) is 0. The second kappa shape index (κ2) is 9.19. The molecule has 1 unspecified atom stereocenters. The van der Waals surface area contributed by atoms with Gasteiger partial charge in [-0.25, -0.2) is 0 Å². The minimum atomic E-state index is 0. The van der Waals surface area contributed by atoms with Crippen molar-refractivity contribution in [2.75, 3.05) is 0 Å². The quantitative estimate of drug-likeness (QED) is 0.652. The molecule has 10 heavy (non-hydrogen) atoms. The van der Waals surface area contributed by atoms with Crippen LogP contribution in [0, 0.1) is 0 Å². The minimum Gasteiger partial charge on any atom is -0.368 e. The van der Waals surface area contributed by atoms with Gasteiger partial charge < -0.3 is 4.98 Å². The van der Waals surface area contributed by atoms with E-state index in [1.165, 1.54) is 0 Å². The number of aromatic nitrogens is 1. The van der Waals surface area contributed by atoms with Crippen molar-refractivity contribution < 1.29 is 0 Å². The lowest BCUT2D eigenvalue weighted by Gasteiger charge is -1.79. The van der Waals surface area contributed by atoms with E-state index in [4.69, 9.17) is 0 Å². The highest BCUT2D eigenvalue weighted by molar-refractivity contribution is 8.93. The Morgan fingerprint density at radius 2 is 1.50 bits per heavy atom. The predicted octanol–water partition coefficient (Wildman–Crippen LogP) is 2.86. The van der Waals surface area contributed by atoms with Gasteiger partial charge in [0.2, 0.25) is 0 Å². The highest BCUT2D eigenvalue weighted by atomic mass is 79.9. The Balaban J connectivity index is 0. The van der Waals surface area contributed by atoms with Gasteiger partial charge in [0, 0.05) is 12.4 Å². The van der Waals surface area contributed by atoms with Crippen LogP contribution in [0.15, 0.2) is 24.5 Å². The maximum atomic E-state index is 2.86. The topological polar surface area (TPSA) is 15.8 Å². The lowest BCUT2D eigenvalue weighted by Crippen LogP contribution is -1.69. The molecule has 0 aromatic carbocycles. The smallest absolute Gasteiger partial charge is 0.000496 e. The van der Waals surface area contributed by atoms with E-state index in [9.17, 15) is 0 Å². The zero-order chi connectivity index (χ0) is 7.11. The molecule has 0 aliphatic heterocycles. The summed E-state index contributed by atoms with van der Waals surface area (Å²) in [6.07, 6.45) is 3.75. The van der Waals surface area contributed by atoms with Crippen molar-refractivity contribution in [2.24, 2.45) is 0 Å². The average molecular weight is 224 g/mol. The number of nitrogens with one attached hydrogen (secondary N) is 1. The number of hydrogen-bond acceptors (Lipinski definition) is 0. The Labute approximate surface area is 75.6 Å². The Hall–Kier alpha value is 0.190. The lowest BCUT2D eigenvalue weighted by molar-refractivity contribution is 1.12. The molecule has 1 N–H and O–H groups in total. The van der Waals surface area contributed by atoms with Crippen molar-refractivity contribution >= 4 is 26.2 Å². The summed E-state index contributed by atoms with van der Waals surface area (Å²) >= 11 is 0. The first-order chi connectivity index (χ1) is 4.23. The van der Waals surface area contributed by atoms with Gasteiger partial charge in [0.1, 0.15) is 0 Å². The molecule has 1 aromatic rings. The molecule has 1 rings (SSSR count). The molecule has 1 atom stereocenters. The fourth-order valence-corrected chi connectivity index (χ4v) is 0.278. The first kappa shape index (κ1) is 12.8. The monoisotopic (exact) mass is 223 g/mol. The Bertz CT molecular complexity index is 97.2. The molecular weight excluding hydrogens is 209 g/mol. The van der Waals surface area contributed by atoms with E-state index in [-0.39, 0.29) is 17.0 Å². The molecule has 0 amide bonds. The van der Waals surface area contributed by atoms with Crippen LogP contribution in [0.2, 0.25) is 0 Å². The van der Waals surface area contributed by atoms with Crippen molar-refractivity contribution in [1.29, 1.82) is 0 Å². The van der Waals surface area contributed by atoms with E-state index < -0.39 is 0 Å². The maximum absolute atomic E-state index is 2.86. The lowest BCUT2D eigenvalue weighted by atomic mass is 10.6. The summed E-state index contributed by atoms with van der Waals surface area (Å²) in [6.45, 7) is 4.26.